The minimum absolute atomic E-state index is 0.0510. The Hall–Kier alpha value is -3.14. The molecule has 0 bridgehead atoms. The van der Waals surface area contributed by atoms with Crippen LogP contribution in [-0.2, 0) is 20.6 Å². The molecule has 0 unspecified atom stereocenters. The zero-order valence-corrected chi connectivity index (χ0v) is 16.6. The maximum atomic E-state index is 12.7. The first-order valence-corrected chi connectivity index (χ1v) is 9.55. The van der Waals surface area contributed by atoms with Crippen molar-refractivity contribution in [2.24, 2.45) is 14.1 Å². The zero-order valence-electron chi connectivity index (χ0n) is 15.7. The van der Waals surface area contributed by atoms with Crippen LogP contribution in [0, 0.1) is 0 Å². The van der Waals surface area contributed by atoms with Crippen LogP contribution in [0.5, 0.6) is 0 Å². The molecule has 0 spiro atoms. The van der Waals surface area contributed by atoms with Crippen LogP contribution in [0.1, 0.15) is 17.3 Å². The van der Waals surface area contributed by atoms with E-state index in [2.05, 4.69) is 10.2 Å². The van der Waals surface area contributed by atoms with Crippen molar-refractivity contribution < 1.29 is 4.79 Å². The first-order valence-electron chi connectivity index (χ1n) is 8.56. The van der Waals surface area contributed by atoms with Gasteiger partial charge in [0.25, 0.3) is 5.56 Å². The van der Waals surface area contributed by atoms with Gasteiger partial charge in [-0.05, 0) is 6.92 Å². The first-order chi connectivity index (χ1) is 13.4. The summed E-state index contributed by atoms with van der Waals surface area (Å²) in [6.45, 7) is 2.58. The molecule has 3 rings (SSSR count). The molecule has 0 amide bonds. The Morgan fingerprint density at radius 2 is 1.79 bits per heavy atom. The minimum Gasteiger partial charge on any atom is -0.384 e. The van der Waals surface area contributed by atoms with Gasteiger partial charge in [0, 0.05) is 26.2 Å². The lowest BCUT2D eigenvalue weighted by molar-refractivity contribution is 0.102. The van der Waals surface area contributed by atoms with E-state index in [0.29, 0.717) is 17.5 Å². The number of nitrogens with zero attached hydrogens (tertiary/aromatic N) is 5. The molecule has 2 heterocycles. The summed E-state index contributed by atoms with van der Waals surface area (Å²) in [5.41, 5.74) is 5.30. The van der Waals surface area contributed by atoms with Gasteiger partial charge in [0.2, 0.25) is 0 Å². The molecule has 1 aromatic carbocycles. The van der Waals surface area contributed by atoms with Gasteiger partial charge in [0.1, 0.15) is 11.4 Å². The third-order valence-electron chi connectivity index (χ3n) is 4.39. The summed E-state index contributed by atoms with van der Waals surface area (Å²) < 4.78 is 3.85. The Kier molecular flexibility index (Phi) is 5.50. The van der Waals surface area contributed by atoms with Crippen LogP contribution in [0.4, 0.5) is 5.82 Å². The summed E-state index contributed by atoms with van der Waals surface area (Å²) in [5.74, 6) is 0.0479. The fourth-order valence-corrected chi connectivity index (χ4v) is 3.68. The summed E-state index contributed by atoms with van der Waals surface area (Å²) in [7, 11) is 2.73. The second-order valence-electron chi connectivity index (χ2n) is 6.09. The van der Waals surface area contributed by atoms with Crippen molar-refractivity contribution >= 4 is 23.4 Å². The lowest BCUT2D eigenvalue weighted by Crippen LogP contribution is -2.41. The molecule has 3 aromatic rings. The molecule has 0 aliphatic rings. The SMILES string of the molecule is CCn1c(SCC(=O)c2c(N)n(C)c(=O)n(C)c2=O)nnc1-c1ccccc1. The number of nitrogen functional groups attached to an aromatic ring is 1. The predicted octanol–water partition coefficient (Wildman–Crippen LogP) is 0.920. The second kappa shape index (κ2) is 7.85. The Morgan fingerprint density at radius 3 is 2.43 bits per heavy atom. The highest BCUT2D eigenvalue weighted by Crippen LogP contribution is 2.24. The molecule has 9 nitrogen and oxygen atoms in total. The Labute approximate surface area is 164 Å². The number of carbonyl (C=O) groups is 1. The van der Waals surface area contributed by atoms with Crippen molar-refractivity contribution in [1.29, 1.82) is 0 Å². The Balaban J connectivity index is 1.88. The Morgan fingerprint density at radius 1 is 1.11 bits per heavy atom. The number of aromatic nitrogens is 5. The quantitative estimate of drug-likeness (QED) is 0.483. The van der Waals surface area contributed by atoms with E-state index >= 15 is 0 Å². The van der Waals surface area contributed by atoms with Crippen LogP contribution in [0.15, 0.2) is 45.1 Å². The van der Waals surface area contributed by atoms with Crippen LogP contribution in [0.3, 0.4) is 0 Å². The molecule has 146 valence electrons. The zero-order chi connectivity index (χ0) is 20.4. The predicted molar refractivity (Wildman–Crippen MR) is 108 cm³/mol. The third kappa shape index (κ3) is 3.38. The molecule has 0 aliphatic carbocycles. The van der Waals surface area contributed by atoms with Gasteiger partial charge in [0.15, 0.2) is 16.8 Å². The summed E-state index contributed by atoms with van der Waals surface area (Å²) >= 11 is 1.17. The van der Waals surface area contributed by atoms with Crippen molar-refractivity contribution in [2.45, 2.75) is 18.6 Å². The standard InChI is InChI=1S/C18H20N6O3S/c1-4-24-15(11-8-6-5-7-9-11)20-21-17(24)28-10-12(25)13-14(19)22(2)18(27)23(3)16(13)26/h5-9H,4,10,19H2,1-3H3. The van der Waals surface area contributed by atoms with E-state index in [-0.39, 0.29) is 17.1 Å². The monoisotopic (exact) mass is 400 g/mol. The van der Waals surface area contributed by atoms with Crippen LogP contribution in [0.25, 0.3) is 11.4 Å². The molecule has 0 radical (unpaired) electrons. The number of carbonyl (C=O) groups excluding carboxylic acids is 1. The highest BCUT2D eigenvalue weighted by atomic mass is 32.2. The van der Waals surface area contributed by atoms with E-state index in [4.69, 9.17) is 5.73 Å². The molecule has 0 aliphatic heterocycles. The summed E-state index contributed by atoms with van der Waals surface area (Å²) in [4.78, 5) is 36.9. The highest BCUT2D eigenvalue weighted by Gasteiger charge is 2.21. The van der Waals surface area contributed by atoms with Crippen molar-refractivity contribution in [3.63, 3.8) is 0 Å². The number of thioether (sulfide) groups is 1. The topological polar surface area (TPSA) is 118 Å². The number of anilines is 1. The van der Waals surface area contributed by atoms with Gasteiger partial charge < -0.3 is 10.3 Å². The van der Waals surface area contributed by atoms with Crippen molar-refractivity contribution in [2.75, 3.05) is 11.5 Å². The van der Waals surface area contributed by atoms with E-state index in [1.165, 1.54) is 25.9 Å². The number of hydrogen-bond donors (Lipinski definition) is 1. The lowest BCUT2D eigenvalue weighted by Gasteiger charge is -2.11. The van der Waals surface area contributed by atoms with E-state index in [1.807, 2.05) is 41.8 Å². The fraction of sp³-hybridized carbons (Fsp3) is 0.278. The molecular weight excluding hydrogens is 380 g/mol. The van der Waals surface area contributed by atoms with Gasteiger partial charge in [-0.25, -0.2) is 4.79 Å². The second-order valence-corrected chi connectivity index (χ2v) is 7.04. The average Bonchev–Trinajstić information content (AvgIpc) is 3.13. The summed E-state index contributed by atoms with van der Waals surface area (Å²) in [6.07, 6.45) is 0. The lowest BCUT2D eigenvalue weighted by atomic mass is 10.2. The molecular formula is C18H20N6O3S. The number of Topliss-reactive ketones (excluding diaryl/α,β-unsaturated/α-hetero) is 1. The smallest absolute Gasteiger partial charge is 0.332 e. The number of hydrogen-bond acceptors (Lipinski definition) is 7. The Bertz CT molecular complexity index is 1150. The molecule has 2 aromatic heterocycles. The molecule has 0 fully saturated rings. The van der Waals surface area contributed by atoms with Crippen molar-refractivity contribution in [3.8, 4) is 11.4 Å². The van der Waals surface area contributed by atoms with Gasteiger partial charge >= 0.3 is 5.69 Å². The molecule has 0 atom stereocenters. The molecule has 28 heavy (non-hydrogen) atoms. The maximum Gasteiger partial charge on any atom is 0.332 e. The minimum atomic E-state index is -0.701. The maximum absolute atomic E-state index is 12.7. The van der Waals surface area contributed by atoms with Gasteiger partial charge in [-0.15, -0.1) is 10.2 Å². The summed E-state index contributed by atoms with van der Waals surface area (Å²) in [6, 6.07) is 9.62. The molecule has 0 saturated heterocycles. The number of nitrogens with two attached hydrogens (primary N) is 1. The number of ketones is 1. The van der Waals surface area contributed by atoms with E-state index in [9.17, 15) is 14.4 Å². The van der Waals surface area contributed by atoms with Gasteiger partial charge in [0.05, 0.1) is 5.75 Å². The first kappa shape index (κ1) is 19.6. The van der Waals surface area contributed by atoms with Gasteiger partial charge in [-0.1, -0.05) is 42.1 Å². The largest absolute Gasteiger partial charge is 0.384 e. The van der Waals surface area contributed by atoms with E-state index in [1.54, 1.807) is 0 Å². The van der Waals surface area contributed by atoms with Crippen LogP contribution in [0.2, 0.25) is 0 Å². The van der Waals surface area contributed by atoms with E-state index in [0.717, 1.165) is 14.7 Å². The van der Waals surface area contributed by atoms with Gasteiger partial charge in [-0.3, -0.25) is 18.7 Å². The van der Waals surface area contributed by atoms with Crippen molar-refractivity contribution in [3.05, 3.63) is 56.7 Å². The van der Waals surface area contributed by atoms with E-state index < -0.39 is 17.0 Å². The molecule has 10 heteroatoms. The number of rotatable bonds is 6. The van der Waals surface area contributed by atoms with Crippen LogP contribution in [-0.4, -0.2) is 35.4 Å². The van der Waals surface area contributed by atoms with Crippen LogP contribution >= 0.6 is 11.8 Å². The fourth-order valence-electron chi connectivity index (χ4n) is 2.81. The third-order valence-corrected chi connectivity index (χ3v) is 5.35. The van der Waals surface area contributed by atoms with Crippen LogP contribution < -0.4 is 17.0 Å². The molecule has 2 N–H and O–H groups in total. The highest BCUT2D eigenvalue weighted by molar-refractivity contribution is 7.99. The normalized spacial score (nSPS) is 11.0. The summed E-state index contributed by atoms with van der Waals surface area (Å²) in [5, 5.41) is 8.97. The van der Waals surface area contributed by atoms with Crippen molar-refractivity contribution in [1.82, 2.24) is 23.9 Å². The average molecular weight is 400 g/mol. The molecule has 0 saturated carbocycles. The number of benzene rings is 1. The van der Waals surface area contributed by atoms with Gasteiger partial charge in [-0.2, -0.15) is 0 Å².